The smallest absolute Gasteiger partial charge is 0.249 e. The van der Waals surface area contributed by atoms with Crippen LogP contribution in [0.25, 0.3) is 0 Å². The van der Waals surface area contributed by atoms with Crippen molar-refractivity contribution in [3.05, 3.63) is 35.4 Å². The number of carbonyl (C=O) groups excluding carboxylic acids is 2. The van der Waals surface area contributed by atoms with Gasteiger partial charge in [0, 0.05) is 18.7 Å². The van der Waals surface area contributed by atoms with Gasteiger partial charge in [-0.05, 0) is 37.7 Å². The van der Waals surface area contributed by atoms with E-state index in [0.717, 1.165) is 24.8 Å². The number of nitrogens with two attached hydrogens (primary N) is 1. The predicted octanol–water partition coefficient (Wildman–Crippen LogP) is 1.15. The molecule has 1 aromatic carbocycles. The fourth-order valence-corrected chi connectivity index (χ4v) is 3.26. The summed E-state index contributed by atoms with van der Waals surface area (Å²) in [5.41, 5.74) is 7.01. The number of rotatable bonds is 7. The lowest BCUT2D eigenvalue weighted by molar-refractivity contribution is -0.144. The average molecular weight is 358 g/mol. The number of nitrogens with zero attached hydrogens (tertiary/aromatic N) is 1. The maximum Gasteiger partial charge on any atom is 0.249 e. The van der Waals surface area contributed by atoms with E-state index in [0.29, 0.717) is 25.1 Å². The van der Waals surface area contributed by atoms with Crippen LogP contribution in [0, 0.1) is 5.41 Å². The van der Waals surface area contributed by atoms with Crippen LogP contribution in [-0.4, -0.2) is 47.8 Å². The molecule has 140 valence electrons. The fraction of sp³-hybridized carbons (Fsp3) is 0.526. The van der Waals surface area contributed by atoms with Crippen LogP contribution in [0.3, 0.4) is 0 Å². The second-order valence-corrected chi connectivity index (χ2v) is 6.94. The molecule has 2 aliphatic rings. The Bertz CT molecular complexity index is 670. The normalized spacial score (nSPS) is 19.8. The Morgan fingerprint density at radius 1 is 1.19 bits per heavy atom. The molecular weight excluding hydrogens is 332 g/mol. The molecule has 1 aliphatic carbocycles. The van der Waals surface area contributed by atoms with Crippen molar-refractivity contribution in [2.75, 3.05) is 13.2 Å². The molecular formula is C19H26N4O3. The zero-order valence-corrected chi connectivity index (χ0v) is 14.9. The second kappa shape index (κ2) is 8.31. The van der Waals surface area contributed by atoms with Crippen molar-refractivity contribution in [2.45, 2.75) is 50.8 Å². The number of nitrogens with one attached hydrogen (secondary N) is 2. The Kier molecular flexibility index (Phi) is 5.88. The molecule has 1 unspecified atom stereocenters. The van der Waals surface area contributed by atoms with E-state index in [1.54, 1.807) is 17.0 Å². The molecule has 1 saturated heterocycles. The van der Waals surface area contributed by atoms with Crippen LogP contribution < -0.4 is 11.1 Å². The fourth-order valence-electron chi connectivity index (χ4n) is 3.26. The monoisotopic (exact) mass is 358 g/mol. The van der Waals surface area contributed by atoms with Gasteiger partial charge < -0.3 is 20.7 Å². The Balaban J connectivity index is 1.49. The molecule has 26 heavy (non-hydrogen) atoms. The first kappa shape index (κ1) is 18.4. The largest absolute Gasteiger partial charge is 0.384 e. The van der Waals surface area contributed by atoms with Crippen molar-refractivity contribution < 1.29 is 14.3 Å². The molecule has 0 aromatic heterocycles. The van der Waals surface area contributed by atoms with Crippen molar-refractivity contribution in [3.63, 3.8) is 0 Å². The van der Waals surface area contributed by atoms with Gasteiger partial charge in [0.2, 0.25) is 11.8 Å². The van der Waals surface area contributed by atoms with Crippen molar-refractivity contribution in [3.8, 4) is 0 Å². The van der Waals surface area contributed by atoms with E-state index in [1.807, 2.05) is 12.1 Å². The maximum absolute atomic E-state index is 12.5. The van der Waals surface area contributed by atoms with Crippen LogP contribution in [0.15, 0.2) is 24.3 Å². The molecule has 0 radical (unpaired) electrons. The summed E-state index contributed by atoms with van der Waals surface area (Å²) in [6.07, 6.45) is 4.96. The first-order valence-electron chi connectivity index (χ1n) is 9.16. The van der Waals surface area contributed by atoms with Gasteiger partial charge in [0.05, 0.1) is 6.10 Å². The number of likely N-dealkylation sites (tertiary alicyclic amines) is 1. The standard InChI is InChI=1S/C19H26N4O3/c20-18(21)14-8-6-13(7-9-14)11-22-19(25)16-5-2-10-23(16)17(24)12-26-15-3-1-4-15/h6-9,15-16H,1-5,10-12H2,(H3,20,21)(H,22,25). The molecule has 3 rings (SSSR count). The molecule has 1 atom stereocenters. The molecule has 2 fully saturated rings. The second-order valence-electron chi connectivity index (χ2n) is 6.94. The third kappa shape index (κ3) is 4.40. The molecule has 1 saturated carbocycles. The van der Waals surface area contributed by atoms with Crippen molar-refractivity contribution >= 4 is 17.6 Å². The minimum absolute atomic E-state index is 0.0183. The minimum Gasteiger partial charge on any atom is -0.384 e. The van der Waals surface area contributed by atoms with Gasteiger partial charge >= 0.3 is 0 Å². The van der Waals surface area contributed by atoms with Crippen LogP contribution in [0.1, 0.15) is 43.2 Å². The summed E-state index contributed by atoms with van der Waals surface area (Å²) in [5.74, 6) is -0.208. The molecule has 0 bridgehead atoms. The summed E-state index contributed by atoms with van der Waals surface area (Å²) < 4.78 is 5.59. The summed E-state index contributed by atoms with van der Waals surface area (Å²) in [5, 5.41) is 10.3. The summed E-state index contributed by atoms with van der Waals surface area (Å²) in [6.45, 7) is 1.06. The number of ether oxygens (including phenoxy) is 1. The van der Waals surface area contributed by atoms with Gasteiger partial charge in [0.25, 0.3) is 0 Å². The molecule has 7 heteroatoms. The lowest BCUT2D eigenvalue weighted by atomic mass is 9.96. The molecule has 2 amide bonds. The van der Waals surface area contributed by atoms with Crippen LogP contribution in [-0.2, 0) is 20.9 Å². The van der Waals surface area contributed by atoms with Gasteiger partial charge in [-0.25, -0.2) is 0 Å². The van der Waals surface area contributed by atoms with Crippen LogP contribution in [0.2, 0.25) is 0 Å². The van der Waals surface area contributed by atoms with Gasteiger partial charge in [-0.3, -0.25) is 15.0 Å². The van der Waals surface area contributed by atoms with E-state index in [4.69, 9.17) is 15.9 Å². The molecule has 1 aliphatic heterocycles. The maximum atomic E-state index is 12.5. The van der Waals surface area contributed by atoms with E-state index in [9.17, 15) is 9.59 Å². The number of amidine groups is 1. The lowest BCUT2D eigenvalue weighted by Gasteiger charge is -2.28. The highest BCUT2D eigenvalue weighted by Gasteiger charge is 2.34. The zero-order valence-electron chi connectivity index (χ0n) is 14.9. The highest BCUT2D eigenvalue weighted by Crippen LogP contribution is 2.23. The highest BCUT2D eigenvalue weighted by atomic mass is 16.5. The number of nitrogen functional groups attached to an aromatic ring is 1. The van der Waals surface area contributed by atoms with Gasteiger partial charge in [-0.15, -0.1) is 0 Å². The predicted molar refractivity (Wildman–Crippen MR) is 97.6 cm³/mol. The third-order valence-electron chi connectivity index (χ3n) is 5.10. The summed E-state index contributed by atoms with van der Waals surface area (Å²) in [6, 6.07) is 6.77. The van der Waals surface area contributed by atoms with Crippen LogP contribution >= 0.6 is 0 Å². The molecule has 7 nitrogen and oxygen atoms in total. The number of hydrogen-bond acceptors (Lipinski definition) is 4. The van der Waals surface area contributed by atoms with Crippen molar-refractivity contribution in [1.82, 2.24) is 10.2 Å². The number of amides is 2. The Morgan fingerprint density at radius 3 is 2.54 bits per heavy atom. The van der Waals surface area contributed by atoms with Gasteiger partial charge in [-0.1, -0.05) is 24.3 Å². The number of carbonyl (C=O) groups is 2. The van der Waals surface area contributed by atoms with E-state index in [2.05, 4.69) is 5.32 Å². The molecule has 1 aromatic rings. The SMILES string of the molecule is N=C(N)c1ccc(CNC(=O)C2CCCN2C(=O)COC2CCC2)cc1. The molecule has 1 heterocycles. The van der Waals surface area contributed by atoms with Crippen molar-refractivity contribution in [1.29, 1.82) is 5.41 Å². The first-order valence-corrected chi connectivity index (χ1v) is 9.16. The number of hydrogen-bond donors (Lipinski definition) is 3. The Labute approximate surface area is 153 Å². The lowest BCUT2D eigenvalue weighted by Crippen LogP contribution is -2.47. The first-order chi connectivity index (χ1) is 12.5. The topological polar surface area (TPSA) is 109 Å². The van der Waals surface area contributed by atoms with Gasteiger partial charge in [0.1, 0.15) is 18.5 Å². The zero-order chi connectivity index (χ0) is 18.5. The van der Waals surface area contributed by atoms with Gasteiger partial charge in [0.15, 0.2) is 0 Å². The molecule has 0 spiro atoms. The van der Waals surface area contributed by atoms with Gasteiger partial charge in [-0.2, -0.15) is 0 Å². The van der Waals surface area contributed by atoms with Crippen LogP contribution in [0.4, 0.5) is 0 Å². The van der Waals surface area contributed by atoms with E-state index >= 15 is 0 Å². The summed E-state index contributed by atoms with van der Waals surface area (Å²) >= 11 is 0. The average Bonchev–Trinajstić information content (AvgIpc) is 3.08. The Morgan fingerprint density at radius 2 is 1.92 bits per heavy atom. The van der Waals surface area contributed by atoms with E-state index in [1.165, 1.54) is 6.42 Å². The summed E-state index contributed by atoms with van der Waals surface area (Å²) in [4.78, 5) is 26.5. The highest BCUT2D eigenvalue weighted by molar-refractivity contribution is 5.94. The Hall–Kier alpha value is -2.41. The number of benzene rings is 1. The summed E-state index contributed by atoms with van der Waals surface area (Å²) in [7, 11) is 0. The molecule has 4 N–H and O–H groups in total. The van der Waals surface area contributed by atoms with E-state index < -0.39 is 6.04 Å². The van der Waals surface area contributed by atoms with Crippen molar-refractivity contribution in [2.24, 2.45) is 5.73 Å². The minimum atomic E-state index is -0.413. The third-order valence-corrected chi connectivity index (χ3v) is 5.10. The van der Waals surface area contributed by atoms with Crippen LogP contribution in [0.5, 0.6) is 0 Å². The quantitative estimate of drug-likeness (QED) is 0.502. The van der Waals surface area contributed by atoms with E-state index in [-0.39, 0.29) is 30.4 Å².